The molecule has 2 fully saturated rings. The highest BCUT2D eigenvalue weighted by Gasteiger charge is 2.41. The van der Waals surface area contributed by atoms with Gasteiger partial charge in [-0.25, -0.2) is 0 Å². The summed E-state index contributed by atoms with van der Waals surface area (Å²) >= 11 is 0. The highest BCUT2D eigenvalue weighted by molar-refractivity contribution is 5.79. The molecule has 1 saturated heterocycles. The van der Waals surface area contributed by atoms with Crippen molar-refractivity contribution < 1.29 is 14.2 Å². The minimum absolute atomic E-state index is 0.256. The first kappa shape index (κ1) is 23.8. The van der Waals surface area contributed by atoms with E-state index in [1.54, 1.807) is 7.11 Å². The first-order valence-electron chi connectivity index (χ1n) is 11.8. The first-order chi connectivity index (χ1) is 15.2. The predicted molar refractivity (Wildman–Crippen MR) is 125 cm³/mol. The molecule has 1 saturated carbocycles. The molecule has 1 heterocycles. The van der Waals surface area contributed by atoms with Crippen LogP contribution in [0.15, 0.2) is 29.3 Å². The molecule has 0 amide bonds. The third-order valence-electron chi connectivity index (χ3n) is 6.30. The number of guanidine groups is 1. The van der Waals surface area contributed by atoms with Gasteiger partial charge in [0.05, 0.1) is 26.4 Å². The molecule has 2 N–H and O–H groups in total. The van der Waals surface area contributed by atoms with Gasteiger partial charge in [0, 0.05) is 45.9 Å². The third kappa shape index (κ3) is 7.37. The van der Waals surface area contributed by atoms with E-state index >= 15 is 0 Å². The summed E-state index contributed by atoms with van der Waals surface area (Å²) in [6, 6.07) is 8.66. The predicted octanol–water partition coefficient (Wildman–Crippen LogP) is 2.83. The van der Waals surface area contributed by atoms with Crippen molar-refractivity contribution in [2.75, 3.05) is 66.3 Å². The quantitative estimate of drug-likeness (QED) is 0.301. The molecular formula is C24H40N4O3. The van der Waals surface area contributed by atoms with E-state index in [4.69, 9.17) is 19.2 Å². The first-order valence-corrected chi connectivity index (χ1v) is 11.8. The van der Waals surface area contributed by atoms with Gasteiger partial charge in [-0.2, -0.15) is 0 Å². The van der Waals surface area contributed by atoms with E-state index in [0.29, 0.717) is 5.41 Å². The van der Waals surface area contributed by atoms with Gasteiger partial charge in [0.2, 0.25) is 0 Å². The number of hydrogen-bond donors (Lipinski definition) is 2. The molecule has 3 rings (SSSR count). The molecule has 0 aromatic heterocycles. The zero-order valence-corrected chi connectivity index (χ0v) is 19.5. The van der Waals surface area contributed by atoms with E-state index in [9.17, 15) is 0 Å². The Bertz CT molecular complexity index is 670. The molecule has 1 aliphatic carbocycles. The van der Waals surface area contributed by atoms with E-state index in [0.717, 1.165) is 77.3 Å². The van der Waals surface area contributed by atoms with Gasteiger partial charge in [-0.15, -0.1) is 0 Å². The van der Waals surface area contributed by atoms with Crippen LogP contribution >= 0.6 is 0 Å². The van der Waals surface area contributed by atoms with Crippen molar-refractivity contribution in [3.63, 3.8) is 0 Å². The van der Waals surface area contributed by atoms with Crippen LogP contribution in [0.2, 0.25) is 0 Å². The van der Waals surface area contributed by atoms with Crippen molar-refractivity contribution in [1.82, 2.24) is 15.5 Å². The van der Waals surface area contributed by atoms with Crippen molar-refractivity contribution >= 4 is 5.96 Å². The molecule has 1 aliphatic heterocycles. The maximum Gasteiger partial charge on any atom is 0.191 e. The van der Waals surface area contributed by atoms with Crippen LogP contribution in [0.1, 0.15) is 44.7 Å². The summed E-state index contributed by atoms with van der Waals surface area (Å²) in [5.74, 6) is 1.78. The van der Waals surface area contributed by atoms with Crippen molar-refractivity contribution in [3.05, 3.63) is 29.8 Å². The largest absolute Gasteiger partial charge is 0.497 e. The molecule has 31 heavy (non-hydrogen) atoms. The van der Waals surface area contributed by atoms with E-state index in [2.05, 4.69) is 41.5 Å². The second kappa shape index (κ2) is 12.3. The van der Waals surface area contributed by atoms with E-state index < -0.39 is 0 Å². The monoisotopic (exact) mass is 432 g/mol. The number of hydrogen-bond acceptors (Lipinski definition) is 5. The van der Waals surface area contributed by atoms with Crippen molar-refractivity contribution in [3.8, 4) is 5.75 Å². The Balaban J connectivity index is 1.63. The molecule has 1 aromatic carbocycles. The normalized spacial score (nSPS) is 19.6. The summed E-state index contributed by atoms with van der Waals surface area (Å²) < 4.78 is 16.5. The Labute approximate surface area is 187 Å². The fraction of sp³-hybridized carbons (Fsp3) is 0.708. The molecule has 0 bridgehead atoms. The number of nitrogens with zero attached hydrogens (tertiary/aromatic N) is 2. The maximum atomic E-state index is 5.58. The molecule has 0 spiro atoms. The number of morpholine rings is 1. The van der Waals surface area contributed by atoms with E-state index in [1.165, 1.54) is 18.4 Å². The molecule has 1 aromatic rings. The lowest BCUT2D eigenvalue weighted by molar-refractivity contribution is 0.0170. The molecule has 0 radical (unpaired) electrons. The van der Waals surface area contributed by atoms with Gasteiger partial charge in [0.25, 0.3) is 0 Å². The molecule has 1 atom stereocenters. The van der Waals surface area contributed by atoms with Crippen LogP contribution in [-0.4, -0.2) is 77.1 Å². The third-order valence-corrected chi connectivity index (χ3v) is 6.30. The molecular weight excluding hydrogens is 392 g/mol. The number of aliphatic imine (C=N–C) groups is 1. The summed E-state index contributed by atoms with van der Waals surface area (Å²) in [7, 11) is 1.70. The number of rotatable bonds is 12. The summed E-state index contributed by atoms with van der Waals surface area (Å²) in [5.41, 5.74) is 1.62. The van der Waals surface area contributed by atoms with Crippen LogP contribution in [-0.2, 0) is 9.47 Å². The van der Waals surface area contributed by atoms with Crippen LogP contribution < -0.4 is 15.4 Å². The van der Waals surface area contributed by atoms with Crippen molar-refractivity contribution in [1.29, 1.82) is 0 Å². The van der Waals surface area contributed by atoms with E-state index in [-0.39, 0.29) is 6.04 Å². The van der Waals surface area contributed by atoms with Crippen molar-refractivity contribution in [2.24, 2.45) is 10.4 Å². The summed E-state index contributed by atoms with van der Waals surface area (Å²) in [4.78, 5) is 7.43. The SMILES string of the molecule is CCNC(=NCC1(CCOCC)CC1)NCC(c1ccc(OC)cc1)N1CCOCC1. The fourth-order valence-corrected chi connectivity index (χ4v) is 4.05. The number of methoxy groups -OCH3 is 1. The molecule has 1 unspecified atom stereocenters. The van der Waals surface area contributed by atoms with Crippen LogP contribution in [0.5, 0.6) is 5.75 Å². The molecule has 2 aliphatic rings. The maximum absolute atomic E-state index is 5.58. The Morgan fingerprint density at radius 2 is 1.90 bits per heavy atom. The van der Waals surface area contributed by atoms with Gasteiger partial charge in [0.1, 0.15) is 5.75 Å². The fourth-order valence-electron chi connectivity index (χ4n) is 4.05. The number of benzene rings is 1. The van der Waals surface area contributed by atoms with Gasteiger partial charge >= 0.3 is 0 Å². The lowest BCUT2D eigenvalue weighted by Crippen LogP contribution is -2.46. The Hall–Kier alpha value is -1.83. The minimum atomic E-state index is 0.256. The van der Waals surface area contributed by atoms with Gasteiger partial charge in [-0.05, 0) is 56.2 Å². The lowest BCUT2D eigenvalue weighted by atomic mass is 10.0. The Morgan fingerprint density at radius 3 is 2.52 bits per heavy atom. The van der Waals surface area contributed by atoms with Crippen LogP contribution in [0.4, 0.5) is 0 Å². The van der Waals surface area contributed by atoms with Gasteiger partial charge in [0.15, 0.2) is 5.96 Å². The second-order valence-corrected chi connectivity index (χ2v) is 8.46. The number of nitrogens with one attached hydrogen (secondary N) is 2. The average molecular weight is 433 g/mol. The van der Waals surface area contributed by atoms with E-state index in [1.807, 2.05) is 12.1 Å². The molecule has 174 valence electrons. The topological polar surface area (TPSA) is 67.4 Å². The zero-order chi connectivity index (χ0) is 21.9. The van der Waals surface area contributed by atoms with Crippen molar-refractivity contribution in [2.45, 2.75) is 39.2 Å². The second-order valence-electron chi connectivity index (χ2n) is 8.46. The smallest absolute Gasteiger partial charge is 0.191 e. The van der Waals surface area contributed by atoms with Gasteiger partial charge in [-0.3, -0.25) is 9.89 Å². The summed E-state index contributed by atoms with van der Waals surface area (Å²) in [5, 5.41) is 7.03. The number of ether oxygens (including phenoxy) is 3. The zero-order valence-electron chi connectivity index (χ0n) is 19.5. The standard InChI is InChI=1S/C24H40N4O3/c1-4-25-23(27-19-24(10-11-24)12-15-30-5-2)26-18-22(28-13-16-31-17-14-28)20-6-8-21(29-3)9-7-20/h6-9,22H,4-5,10-19H2,1-3H3,(H2,25,26,27). The summed E-state index contributed by atoms with van der Waals surface area (Å²) in [6.45, 7) is 11.7. The highest BCUT2D eigenvalue weighted by atomic mass is 16.5. The summed E-state index contributed by atoms with van der Waals surface area (Å²) in [6.07, 6.45) is 3.61. The minimum Gasteiger partial charge on any atom is -0.497 e. The van der Waals surface area contributed by atoms with Crippen LogP contribution in [0, 0.1) is 5.41 Å². The van der Waals surface area contributed by atoms with Gasteiger partial charge in [-0.1, -0.05) is 12.1 Å². The Kier molecular flexibility index (Phi) is 9.43. The Morgan fingerprint density at radius 1 is 1.16 bits per heavy atom. The van der Waals surface area contributed by atoms with Crippen LogP contribution in [0.3, 0.4) is 0 Å². The van der Waals surface area contributed by atoms with Crippen LogP contribution in [0.25, 0.3) is 0 Å². The molecule has 7 nitrogen and oxygen atoms in total. The lowest BCUT2D eigenvalue weighted by Gasteiger charge is -2.35. The average Bonchev–Trinajstić information content (AvgIpc) is 3.59. The van der Waals surface area contributed by atoms with Gasteiger partial charge < -0.3 is 24.8 Å². The molecule has 7 heteroatoms. The highest BCUT2D eigenvalue weighted by Crippen LogP contribution is 2.49.